The zero-order valence-electron chi connectivity index (χ0n) is 9.00. The summed E-state index contributed by atoms with van der Waals surface area (Å²) in [5, 5.41) is 0.712. The van der Waals surface area contributed by atoms with Crippen LogP contribution >= 0.6 is 11.6 Å². The highest BCUT2D eigenvalue weighted by atomic mass is 35.5. The van der Waals surface area contributed by atoms with Crippen LogP contribution in [0.25, 0.3) is 0 Å². The minimum absolute atomic E-state index is 0.712. The van der Waals surface area contributed by atoms with Crippen molar-refractivity contribution in [1.29, 1.82) is 0 Å². The number of hydrogen-bond donors (Lipinski definition) is 0. The molecule has 0 aromatic heterocycles. The van der Waals surface area contributed by atoms with Gasteiger partial charge in [-0.3, -0.25) is 0 Å². The second-order valence-corrected chi connectivity index (χ2v) is 3.95. The molecule has 0 amide bonds. The van der Waals surface area contributed by atoms with E-state index in [1.54, 1.807) is 0 Å². The van der Waals surface area contributed by atoms with Crippen LogP contribution in [0.1, 0.15) is 16.7 Å². The minimum atomic E-state index is 0.712. The summed E-state index contributed by atoms with van der Waals surface area (Å²) in [4.78, 5) is 0. The molecule has 2 aromatic carbocycles. The first kappa shape index (κ1) is 10.8. The Kier molecular flexibility index (Phi) is 3.29. The van der Waals surface area contributed by atoms with Gasteiger partial charge in [-0.2, -0.15) is 0 Å². The second kappa shape index (κ2) is 4.88. The summed E-state index contributed by atoms with van der Waals surface area (Å²) < 4.78 is 0. The predicted molar refractivity (Wildman–Crippen MR) is 68.6 cm³/mol. The van der Waals surface area contributed by atoms with Crippen molar-refractivity contribution in [2.24, 2.45) is 0 Å². The predicted octanol–water partition coefficient (Wildman–Crippen LogP) is 4.05. The van der Waals surface area contributed by atoms with E-state index >= 15 is 0 Å². The number of halogens is 1. The van der Waals surface area contributed by atoms with E-state index in [0.29, 0.717) is 5.02 Å². The van der Waals surface area contributed by atoms with E-state index < -0.39 is 0 Å². The lowest BCUT2D eigenvalue weighted by molar-refractivity contribution is 1.44. The van der Waals surface area contributed by atoms with Crippen LogP contribution in [0.5, 0.6) is 0 Å². The first-order valence-corrected chi connectivity index (χ1v) is 5.47. The van der Waals surface area contributed by atoms with Gasteiger partial charge < -0.3 is 0 Å². The highest BCUT2D eigenvalue weighted by Gasteiger charge is 1.98. The van der Waals surface area contributed by atoms with Crippen LogP contribution in [-0.4, -0.2) is 0 Å². The average molecular weight is 227 g/mol. The third kappa shape index (κ3) is 2.45. The van der Waals surface area contributed by atoms with Crippen LogP contribution in [0.4, 0.5) is 0 Å². The molecular formula is C15H11Cl. The molecule has 2 rings (SSSR count). The molecule has 78 valence electrons. The van der Waals surface area contributed by atoms with Crippen LogP contribution in [0.2, 0.25) is 5.02 Å². The van der Waals surface area contributed by atoms with Gasteiger partial charge in [0.1, 0.15) is 0 Å². The van der Waals surface area contributed by atoms with E-state index in [-0.39, 0.29) is 0 Å². The summed E-state index contributed by atoms with van der Waals surface area (Å²) in [7, 11) is 0. The Labute approximate surface area is 101 Å². The molecule has 2 aromatic rings. The molecule has 0 saturated carbocycles. The molecule has 0 heterocycles. The molecule has 0 aliphatic rings. The van der Waals surface area contributed by atoms with Crippen molar-refractivity contribution in [2.45, 2.75) is 6.92 Å². The van der Waals surface area contributed by atoms with E-state index in [4.69, 9.17) is 11.6 Å². The van der Waals surface area contributed by atoms with Crippen LogP contribution in [0.15, 0.2) is 48.5 Å². The van der Waals surface area contributed by atoms with Crippen LogP contribution < -0.4 is 0 Å². The van der Waals surface area contributed by atoms with Crippen molar-refractivity contribution >= 4 is 11.6 Å². The zero-order valence-corrected chi connectivity index (χ0v) is 9.75. The van der Waals surface area contributed by atoms with E-state index in [1.165, 1.54) is 0 Å². The lowest BCUT2D eigenvalue weighted by atomic mass is 10.1. The molecule has 0 unspecified atom stereocenters. The standard InChI is InChI=1S/C15H11Cl/c1-12-6-5-9-15(16)14(12)11-10-13-7-3-2-4-8-13/h2-9H,1H3. The molecule has 0 spiro atoms. The SMILES string of the molecule is Cc1cccc(Cl)c1C#Cc1ccccc1. The maximum atomic E-state index is 6.09. The Bertz CT molecular complexity index is 524. The highest BCUT2D eigenvalue weighted by Crippen LogP contribution is 2.18. The third-order valence-corrected chi connectivity index (χ3v) is 2.64. The smallest absolute Gasteiger partial charge is 0.0565 e. The topological polar surface area (TPSA) is 0 Å². The Morgan fingerprint density at radius 2 is 1.62 bits per heavy atom. The molecule has 0 saturated heterocycles. The van der Waals surface area contributed by atoms with E-state index in [9.17, 15) is 0 Å². The van der Waals surface area contributed by atoms with E-state index in [2.05, 4.69) is 11.8 Å². The molecule has 0 atom stereocenters. The minimum Gasteiger partial charge on any atom is -0.0830 e. The Hall–Kier alpha value is -1.71. The van der Waals surface area contributed by atoms with Crippen LogP contribution in [-0.2, 0) is 0 Å². The quantitative estimate of drug-likeness (QED) is 0.595. The normalized spacial score (nSPS) is 9.38. The van der Waals surface area contributed by atoms with E-state index in [1.807, 2.05) is 55.5 Å². The van der Waals surface area contributed by atoms with Gasteiger partial charge in [-0.05, 0) is 30.7 Å². The van der Waals surface area contributed by atoms with Gasteiger partial charge in [-0.25, -0.2) is 0 Å². The maximum absolute atomic E-state index is 6.09. The maximum Gasteiger partial charge on any atom is 0.0565 e. The molecule has 0 radical (unpaired) electrons. The number of rotatable bonds is 0. The average Bonchev–Trinajstić information content (AvgIpc) is 2.30. The van der Waals surface area contributed by atoms with Gasteiger partial charge in [0.25, 0.3) is 0 Å². The largest absolute Gasteiger partial charge is 0.0830 e. The zero-order chi connectivity index (χ0) is 11.4. The summed E-state index contributed by atoms with van der Waals surface area (Å²) in [6.45, 7) is 2.01. The summed E-state index contributed by atoms with van der Waals surface area (Å²) >= 11 is 6.09. The fraction of sp³-hybridized carbons (Fsp3) is 0.0667. The second-order valence-electron chi connectivity index (χ2n) is 3.55. The van der Waals surface area contributed by atoms with Gasteiger partial charge in [0.2, 0.25) is 0 Å². The fourth-order valence-electron chi connectivity index (χ4n) is 1.45. The Balaban J connectivity index is 2.39. The van der Waals surface area contributed by atoms with E-state index in [0.717, 1.165) is 16.7 Å². The Morgan fingerprint density at radius 1 is 0.875 bits per heavy atom. The molecule has 16 heavy (non-hydrogen) atoms. The van der Waals surface area contributed by atoms with Crippen LogP contribution in [0, 0.1) is 18.8 Å². The molecule has 0 aliphatic carbocycles. The molecule has 0 nitrogen and oxygen atoms in total. The van der Waals surface area contributed by atoms with Crippen molar-refractivity contribution < 1.29 is 0 Å². The Morgan fingerprint density at radius 3 is 2.31 bits per heavy atom. The summed E-state index contributed by atoms with van der Waals surface area (Å²) in [6, 6.07) is 15.7. The number of hydrogen-bond acceptors (Lipinski definition) is 0. The van der Waals surface area contributed by atoms with Crippen molar-refractivity contribution in [2.75, 3.05) is 0 Å². The van der Waals surface area contributed by atoms with Crippen molar-refractivity contribution in [3.8, 4) is 11.8 Å². The van der Waals surface area contributed by atoms with Crippen molar-refractivity contribution in [3.05, 3.63) is 70.2 Å². The first-order valence-electron chi connectivity index (χ1n) is 5.09. The third-order valence-electron chi connectivity index (χ3n) is 2.33. The number of aryl methyl sites for hydroxylation is 1. The first-order chi connectivity index (χ1) is 7.77. The summed E-state index contributed by atoms with van der Waals surface area (Å²) in [5.74, 6) is 6.22. The van der Waals surface area contributed by atoms with Crippen LogP contribution in [0.3, 0.4) is 0 Å². The van der Waals surface area contributed by atoms with Gasteiger partial charge in [-0.15, -0.1) is 0 Å². The monoisotopic (exact) mass is 226 g/mol. The summed E-state index contributed by atoms with van der Waals surface area (Å²) in [6.07, 6.45) is 0. The molecule has 0 fully saturated rings. The molecular weight excluding hydrogens is 216 g/mol. The van der Waals surface area contributed by atoms with Gasteiger partial charge >= 0.3 is 0 Å². The van der Waals surface area contributed by atoms with Crippen molar-refractivity contribution in [3.63, 3.8) is 0 Å². The van der Waals surface area contributed by atoms with Gasteiger partial charge in [-0.1, -0.05) is 53.8 Å². The summed E-state index contributed by atoms with van der Waals surface area (Å²) in [5.41, 5.74) is 3.02. The molecule has 0 bridgehead atoms. The fourth-order valence-corrected chi connectivity index (χ4v) is 1.72. The lowest BCUT2D eigenvalue weighted by Gasteiger charge is -1.99. The van der Waals surface area contributed by atoms with Gasteiger partial charge in [0.15, 0.2) is 0 Å². The molecule has 0 aliphatic heterocycles. The lowest BCUT2D eigenvalue weighted by Crippen LogP contribution is -1.83. The van der Waals surface area contributed by atoms with Gasteiger partial charge in [0.05, 0.1) is 5.02 Å². The molecule has 1 heteroatoms. The van der Waals surface area contributed by atoms with Crippen molar-refractivity contribution in [1.82, 2.24) is 0 Å². The number of benzene rings is 2. The van der Waals surface area contributed by atoms with Gasteiger partial charge in [0, 0.05) is 11.1 Å². The molecule has 0 N–H and O–H groups in total. The highest BCUT2D eigenvalue weighted by molar-refractivity contribution is 6.31.